The highest BCUT2D eigenvalue weighted by Gasteiger charge is 2.13. The maximum atomic E-state index is 12.2. The van der Waals surface area contributed by atoms with Crippen molar-refractivity contribution >= 4 is 15.7 Å². The van der Waals surface area contributed by atoms with Crippen molar-refractivity contribution < 1.29 is 8.42 Å². The summed E-state index contributed by atoms with van der Waals surface area (Å²) in [4.78, 5) is 0.257. The highest BCUT2D eigenvalue weighted by molar-refractivity contribution is 7.92. The maximum absolute atomic E-state index is 12.2. The molecular weight excluding hydrogens is 272 g/mol. The Bertz CT molecular complexity index is 669. The van der Waals surface area contributed by atoms with Crippen LogP contribution >= 0.6 is 0 Å². The Morgan fingerprint density at radius 2 is 1.70 bits per heavy atom. The number of rotatable bonds is 5. The first kappa shape index (κ1) is 14.6. The van der Waals surface area contributed by atoms with Gasteiger partial charge in [0.1, 0.15) is 0 Å². The van der Waals surface area contributed by atoms with Crippen LogP contribution in [0.2, 0.25) is 0 Å². The Morgan fingerprint density at radius 1 is 1.00 bits per heavy atom. The molecule has 4 nitrogen and oxygen atoms in total. The van der Waals surface area contributed by atoms with E-state index in [-0.39, 0.29) is 10.9 Å². The van der Waals surface area contributed by atoms with Gasteiger partial charge in [-0.25, -0.2) is 8.42 Å². The average Bonchev–Trinajstić information content (AvgIpc) is 2.47. The Hall–Kier alpha value is -1.85. The summed E-state index contributed by atoms with van der Waals surface area (Å²) in [6.07, 6.45) is 0. The van der Waals surface area contributed by atoms with Crippen LogP contribution in [0.15, 0.2) is 59.5 Å². The first-order chi connectivity index (χ1) is 9.53. The lowest BCUT2D eigenvalue weighted by Gasteiger charge is -2.13. The minimum Gasteiger partial charge on any atom is -0.313 e. The van der Waals surface area contributed by atoms with Gasteiger partial charge in [-0.1, -0.05) is 30.3 Å². The molecular formula is C15H18N2O2S. The van der Waals surface area contributed by atoms with Gasteiger partial charge < -0.3 is 5.32 Å². The van der Waals surface area contributed by atoms with E-state index < -0.39 is 10.0 Å². The fraction of sp³-hybridized carbons (Fsp3) is 0.200. The Balaban J connectivity index is 2.26. The summed E-state index contributed by atoms with van der Waals surface area (Å²) in [5, 5.41) is 3.13. The lowest BCUT2D eigenvalue weighted by molar-refractivity contribution is 0.601. The largest absolute Gasteiger partial charge is 0.313 e. The van der Waals surface area contributed by atoms with Gasteiger partial charge in [-0.2, -0.15) is 0 Å². The molecule has 2 aromatic carbocycles. The minimum absolute atomic E-state index is 0.163. The number of benzene rings is 2. The molecule has 0 aliphatic rings. The molecule has 0 saturated carbocycles. The van der Waals surface area contributed by atoms with Crippen molar-refractivity contribution in [3.05, 3.63) is 60.2 Å². The van der Waals surface area contributed by atoms with Crippen LogP contribution in [-0.4, -0.2) is 15.5 Å². The van der Waals surface area contributed by atoms with E-state index in [1.54, 1.807) is 36.4 Å². The Labute approximate surface area is 119 Å². The zero-order valence-electron chi connectivity index (χ0n) is 11.5. The topological polar surface area (TPSA) is 58.2 Å². The van der Waals surface area contributed by atoms with E-state index in [4.69, 9.17) is 0 Å². The van der Waals surface area contributed by atoms with Crippen LogP contribution < -0.4 is 10.0 Å². The molecule has 0 amide bonds. The van der Waals surface area contributed by atoms with Crippen molar-refractivity contribution in [3.8, 4) is 0 Å². The van der Waals surface area contributed by atoms with E-state index in [1.165, 1.54) is 0 Å². The third-order valence-corrected chi connectivity index (χ3v) is 4.52. The molecule has 0 heterocycles. The van der Waals surface area contributed by atoms with Gasteiger partial charge in [0.15, 0.2) is 0 Å². The molecule has 0 radical (unpaired) electrons. The van der Waals surface area contributed by atoms with Crippen LogP contribution in [0.25, 0.3) is 0 Å². The molecule has 0 aliphatic carbocycles. The summed E-state index contributed by atoms with van der Waals surface area (Å²) in [7, 11) is -1.67. The molecule has 0 saturated heterocycles. The predicted octanol–water partition coefficient (Wildman–Crippen LogP) is 2.77. The van der Waals surface area contributed by atoms with Gasteiger partial charge in [0, 0.05) is 11.7 Å². The van der Waals surface area contributed by atoms with Crippen molar-refractivity contribution in [1.29, 1.82) is 0 Å². The van der Waals surface area contributed by atoms with Crippen molar-refractivity contribution in [2.75, 3.05) is 11.8 Å². The normalized spacial score (nSPS) is 12.9. The van der Waals surface area contributed by atoms with E-state index in [0.717, 1.165) is 5.56 Å². The maximum Gasteiger partial charge on any atom is 0.261 e. The molecule has 2 N–H and O–H groups in total. The minimum atomic E-state index is -3.53. The lowest BCUT2D eigenvalue weighted by Crippen LogP contribution is -2.15. The van der Waals surface area contributed by atoms with Crippen molar-refractivity contribution in [2.45, 2.75) is 17.9 Å². The van der Waals surface area contributed by atoms with Gasteiger partial charge >= 0.3 is 0 Å². The van der Waals surface area contributed by atoms with Gasteiger partial charge in [-0.3, -0.25) is 4.72 Å². The van der Waals surface area contributed by atoms with Gasteiger partial charge in [0.2, 0.25) is 0 Å². The van der Waals surface area contributed by atoms with Crippen LogP contribution in [0.4, 0.5) is 5.69 Å². The molecule has 2 aromatic rings. The summed E-state index contributed by atoms with van der Waals surface area (Å²) in [6, 6.07) is 15.9. The first-order valence-electron chi connectivity index (χ1n) is 6.38. The number of hydrogen-bond donors (Lipinski definition) is 2. The summed E-state index contributed by atoms with van der Waals surface area (Å²) in [6.45, 7) is 2.02. The van der Waals surface area contributed by atoms with Crippen molar-refractivity contribution in [2.24, 2.45) is 0 Å². The van der Waals surface area contributed by atoms with E-state index in [9.17, 15) is 8.42 Å². The molecule has 20 heavy (non-hydrogen) atoms. The van der Waals surface area contributed by atoms with Gasteiger partial charge in [0.05, 0.1) is 4.90 Å². The SMILES string of the molecule is CNC(C)c1cccc(NS(=O)(=O)c2ccccc2)c1. The monoisotopic (exact) mass is 290 g/mol. The fourth-order valence-corrected chi connectivity index (χ4v) is 2.92. The van der Waals surface area contributed by atoms with Crippen LogP contribution in [-0.2, 0) is 10.0 Å². The third-order valence-electron chi connectivity index (χ3n) is 3.13. The molecule has 0 fully saturated rings. The number of anilines is 1. The fourth-order valence-electron chi connectivity index (χ4n) is 1.85. The molecule has 0 aliphatic heterocycles. The van der Waals surface area contributed by atoms with Crippen molar-refractivity contribution in [3.63, 3.8) is 0 Å². The summed E-state index contributed by atoms with van der Waals surface area (Å²) < 4.78 is 27.0. The van der Waals surface area contributed by atoms with E-state index >= 15 is 0 Å². The summed E-state index contributed by atoms with van der Waals surface area (Å²) >= 11 is 0. The molecule has 1 atom stereocenters. The highest BCUT2D eigenvalue weighted by atomic mass is 32.2. The quantitative estimate of drug-likeness (QED) is 0.890. The first-order valence-corrected chi connectivity index (χ1v) is 7.86. The Kier molecular flexibility index (Phi) is 4.42. The molecule has 106 valence electrons. The number of hydrogen-bond acceptors (Lipinski definition) is 3. The zero-order chi connectivity index (χ0) is 14.6. The van der Waals surface area contributed by atoms with Crippen LogP contribution in [0.5, 0.6) is 0 Å². The lowest BCUT2D eigenvalue weighted by atomic mass is 10.1. The molecule has 2 rings (SSSR count). The molecule has 0 spiro atoms. The average molecular weight is 290 g/mol. The second-order valence-corrected chi connectivity index (χ2v) is 6.24. The van der Waals surface area contributed by atoms with Gasteiger partial charge in [-0.15, -0.1) is 0 Å². The molecule has 0 bridgehead atoms. The third kappa shape index (κ3) is 3.37. The zero-order valence-corrected chi connectivity index (χ0v) is 12.3. The highest BCUT2D eigenvalue weighted by Crippen LogP contribution is 2.20. The van der Waals surface area contributed by atoms with Gasteiger partial charge in [-0.05, 0) is 43.8 Å². The Morgan fingerprint density at radius 3 is 2.35 bits per heavy atom. The van der Waals surface area contributed by atoms with Crippen molar-refractivity contribution in [1.82, 2.24) is 5.32 Å². The van der Waals surface area contributed by atoms with E-state index in [1.807, 2.05) is 32.2 Å². The van der Waals surface area contributed by atoms with E-state index in [0.29, 0.717) is 5.69 Å². The van der Waals surface area contributed by atoms with E-state index in [2.05, 4.69) is 10.0 Å². The standard InChI is InChI=1S/C15H18N2O2S/c1-12(16-2)13-7-6-8-14(11-13)17-20(18,19)15-9-4-3-5-10-15/h3-12,16-17H,1-2H3. The van der Waals surface area contributed by atoms with Crippen LogP contribution in [0, 0.1) is 0 Å². The van der Waals surface area contributed by atoms with Gasteiger partial charge in [0.25, 0.3) is 10.0 Å². The number of sulfonamides is 1. The summed E-state index contributed by atoms with van der Waals surface area (Å²) in [5.41, 5.74) is 1.59. The molecule has 5 heteroatoms. The second kappa shape index (κ2) is 6.07. The molecule has 0 aromatic heterocycles. The second-order valence-electron chi connectivity index (χ2n) is 4.55. The molecule has 1 unspecified atom stereocenters. The number of nitrogens with one attached hydrogen (secondary N) is 2. The summed E-state index contributed by atoms with van der Waals surface area (Å²) in [5.74, 6) is 0. The van der Waals surface area contributed by atoms with Crippen LogP contribution in [0.3, 0.4) is 0 Å². The smallest absolute Gasteiger partial charge is 0.261 e. The predicted molar refractivity (Wildman–Crippen MR) is 81.2 cm³/mol. The van der Waals surface area contributed by atoms with Crippen LogP contribution in [0.1, 0.15) is 18.5 Å².